The molecule has 0 atom stereocenters. The van der Waals surface area contributed by atoms with Gasteiger partial charge in [-0.1, -0.05) is 12.1 Å². The number of rotatable bonds is 7. The van der Waals surface area contributed by atoms with Crippen molar-refractivity contribution in [1.29, 1.82) is 0 Å². The fourth-order valence-corrected chi connectivity index (χ4v) is 2.46. The first kappa shape index (κ1) is 21.9. The van der Waals surface area contributed by atoms with E-state index in [1.165, 1.54) is 0 Å². The molecule has 0 aromatic heterocycles. The van der Waals surface area contributed by atoms with Crippen LogP contribution in [0.1, 0.15) is 35.1 Å². The van der Waals surface area contributed by atoms with E-state index in [1.807, 2.05) is 58.0 Å². The van der Waals surface area contributed by atoms with Gasteiger partial charge in [0.05, 0.1) is 0 Å². The van der Waals surface area contributed by atoms with Gasteiger partial charge in [0.2, 0.25) is 11.8 Å². The highest BCUT2D eigenvalue weighted by Crippen LogP contribution is 2.16. The van der Waals surface area contributed by atoms with Crippen LogP contribution in [0, 0.1) is 27.7 Å². The summed E-state index contributed by atoms with van der Waals surface area (Å²) in [6.45, 7) is 7.68. The van der Waals surface area contributed by atoms with Crippen LogP contribution in [0.3, 0.4) is 0 Å². The molecule has 0 aliphatic rings. The number of hydrogen-bond donors (Lipinski definition) is 3. The van der Waals surface area contributed by atoms with Crippen LogP contribution in [0.2, 0.25) is 0 Å². The zero-order valence-corrected chi connectivity index (χ0v) is 17.2. The minimum absolute atomic E-state index is 0.00771. The van der Waals surface area contributed by atoms with Gasteiger partial charge in [-0.3, -0.25) is 25.2 Å². The lowest BCUT2D eigenvalue weighted by molar-refractivity contribution is -0.130. The normalized spacial score (nSPS) is 10.2. The monoisotopic (exact) mass is 397 g/mol. The maximum Gasteiger partial charge on any atom is 0.276 e. The first-order valence-corrected chi connectivity index (χ1v) is 9.39. The van der Waals surface area contributed by atoms with Crippen molar-refractivity contribution < 1.29 is 19.1 Å². The van der Waals surface area contributed by atoms with Gasteiger partial charge in [0, 0.05) is 18.5 Å². The lowest BCUT2D eigenvalue weighted by Crippen LogP contribution is -2.44. The third-order valence-corrected chi connectivity index (χ3v) is 4.56. The highest BCUT2D eigenvalue weighted by molar-refractivity contribution is 5.93. The fraction of sp³-hybridized carbons (Fsp3) is 0.318. The van der Waals surface area contributed by atoms with Crippen LogP contribution >= 0.6 is 0 Å². The number of carbonyl (C=O) groups excluding carboxylic acids is 3. The fourth-order valence-electron chi connectivity index (χ4n) is 2.46. The highest BCUT2D eigenvalue weighted by Gasteiger charge is 2.10. The van der Waals surface area contributed by atoms with Crippen molar-refractivity contribution in [3.63, 3.8) is 0 Å². The molecule has 7 nitrogen and oxygen atoms in total. The van der Waals surface area contributed by atoms with Crippen molar-refractivity contribution >= 4 is 23.4 Å². The van der Waals surface area contributed by atoms with Crippen molar-refractivity contribution in [2.45, 2.75) is 40.5 Å². The molecule has 154 valence electrons. The molecule has 2 aromatic rings. The summed E-state index contributed by atoms with van der Waals surface area (Å²) in [4.78, 5) is 35.6. The van der Waals surface area contributed by atoms with Crippen molar-refractivity contribution in [2.75, 3.05) is 11.9 Å². The summed E-state index contributed by atoms with van der Waals surface area (Å²) in [6.07, 6.45) is -0.0389. The predicted octanol–water partition coefficient (Wildman–Crippen LogP) is 2.87. The second-order valence-corrected chi connectivity index (χ2v) is 6.98. The molecule has 0 saturated carbocycles. The molecular weight excluding hydrogens is 370 g/mol. The number of aryl methyl sites for hydroxylation is 4. The van der Waals surface area contributed by atoms with Crippen LogP contribution < -0.4 is 20.9 Å². The number of hydrazine groups is 1. The summed E-state index contributed by atoms with van der Waals surface area (Å²) in [6, 6.07) is 11.2. The molecule has 0 aliphatic carbocycles. The quantitative estimate of drug-likeness (QED) is 0.626. The third-order valence-electron chi connectivity index (χ3n) is 4.56. The Bertz CT molecular complexity index is 909. The molecule has 29 heavy (non-hydrogen) atoms. The second kappa shape index (κ2) is 10.3. The minimum Gasteiger partial charge on any atom is -0.484 e. The minimum atomic E-state index is -0.490. The summed E-state index contributed by atoms with van der Waals surface area (Å²) in [5.74, 6) is -0.638. The van der Waals surface area contributed by atoms with Crippen LogP contribution in [0.25, 0.3) is 0 Å². The van der Waals surface area contributed by atoms with E-state index in [2.05, 4.69) is 16.2 Å². The molecule has 3 N–H and O–H groups in total. The Hall–Kier alpha value is -3.35. The van der Waals surface area contributed by atoms with Crippen molar-refractivity contribution in [2.24, 2.45) is 0 Å². The molecule has 0 spiro atoms. The summed E-state index contributed by atoms with van der Waals surface area (Å²) in [5.41, 5.74) is 9.65. The van der Waals surface area contributed by atoms with Crippen LogP contribution in [0.4, 0.5) is 5.69 Å². The second-order valence-electron chi connectivity index (χ2n) is 6.98. The van der Waals surface area contributed by atoms with Gasteiger partial charge in [0.1, 0.15) is 5.75 Å². The molecule has 0 saturated heterocycles. The highest BCUT2D eigenvalue weighted by atomic mass is 16.5. The van der Waals surface area contributed by atoms with Crippen LogP contribution in [0.5, 0.6) is 5.75 Å². The zero-order chi connectivity index (χ0) is 21.4. The van der Waals surface area contributed by atoms with Gasteiger partial charge in [0.25, 0.3) is 5.91 Å². The van der Waals surface area contributed by atoms with Gasteiger partial charge < -0.3 is 10.1 Å². The number of amides is 3. The summed E-state index contributed by atoms with van der Waals surface area (Å²) in [5, 5.41) is 2.75. The first-order valence-electron chi connectivity index (χ1n) is 9.39. The molecule has 3 amide bonds. The Morgan fingerprint density at radius 2 is 1.31 bits per heavy atom. The standard InChI is InChI=1S/C22H27N3O4/c1-14-5-7-18(11-16(14)3)23-20(26)9-10-21(27)24-25-22(28)13-29-19-8-6-15(2)17(4)12-19/h5-8,11-12H,9-10,13H2,1-4H3,(H,23,26)(H,24,27)(H,25,28). The summed E-state index contributed by atoms with van der Waals surface area (Å²) >= 11 is 0. The molecular formula is C22H27N3O4. The Kier molecular flexibility index (Phi) is 7.77. The van der Waals surface area contributed by atoms with Gasteiger partial charge in [0.15, 0.2) is 6.61 Å². The van der Waals surface area contributed by atoms with Gasteiger partial charge in [-0.2, -0.15) is 0 Å². The molecule has 0 radical (unpaired) electrons. The van der Waals surface area contributed by atoms with E-state index in [9.17, 15) is 14.4 Å². The smallest absolute Gasteiger partial charge is 0.276 e. The van der Waals surface area contributed by atoms with E-state index in [4.69, 9.17) is 4.74 Å². The number of benzene rings is 2. The lowest BCUT2D eigenvalue weighted by Gasteiger charge is -2.10. The lowest BCUT2D eigenvalue weighted by atomic mass is 10.1. The van der Waals surface area contributed by atoms with Crippen molar-refractivity contribution in [3.8, 4) is 5.75 Å². The Morgan fingerprint density at radius 3 is 1.97 bits per heavy atom. The van der Waals surface area contributed by atoms with Gasteiger partial charge in [-0.25, -0.2) is 0 Å². The maximum atomic E-state index is 12.0. The van der Waals surface area contributed by atoms with Gasteiger partial charge in [-0.05, 0) is 74.2 Å². The molecule has 0 heterocycles. The number of carbonyl (C=O) groups is 3. The van der Waals surface area contributed by atoms with Crippen LogP contribution in [-0.4, -0.2) is 24.3 Å². The van der Waals surface area contributed by atoms with E-state index in [0.29, 0.717) is 11.4 Å². The van der Waals surface area contributed by atoms with E-state index < -0.39 is 11.8 Å². The predicted molar refractivity (Wildman–Crippen MR) is 111 cm³/mol. The topological polar surface area (TPSA) is 96.5 Å². The molecule has 2 aromatic carbocycles. The first-order chi connectivity index (χ1) is 13.7. The van der Waals surface area contributed by atoms with Crippen molar-refractivity contribution in [3.05, 3.63) is 58.7 Å². The van der Waals surface area contributed by atoms with E-state index in [1.54, 1.807) is 6.07 Å². The molecule has 0 aliphatic heterocycles. The Labute approximate surface area is 170 Å². The number of hydrogen-bond acceptors (Lipinski definition) is 4. The third kappa shape index (κ3) is 7.29. The number of anilines is 1. The largest absolute Gasteiger partial charge is 0.484 e. The van der Waals surface area contributed by atoms with E-state index >= 15 is 0 Å². The average Bonchev–Trinajstić information content (AvgIpc) is 2.68. The number of ether oxygens (including phenoxy) is 1. The molecule has 0 fully saturated rings. The van der Waals surface area contributed by atoms with Crippen LogP contribution in [-0.2, 0) is 14.4 Å². The Morgan fingerprint density at radius 1 is 0.724 bits per heavy atom. The average molecular weight is 397 g/mol. The Balaban J connectivity index is 1.66. The van der Waals surface area contributed by atoms with Gasteiger partial charge >= 0.3 is 0 Å². The van der Waals surface area contributed by atoms with E-state index in [0.717, 1.165) is 22.3 Å². The van der Waals surface area contributed by atoms with Crippen LogP contribution in [0.15, 0.2) is 36.4 Å². The summed E-state index contributed by atoms with van der Waals surface area (Å²) < 4.78 is 5.39. The SMILES string of the molecule is Cc1ccc(NC(=O)CCC(=O)NNC(=O)COc2ccc(C)c(C)c2)cc1C. The van der Waals surface area contributed by atoms with Gasteiger partial charge in [-0.15, -0.1) is 0 Å². The maximum absolute atomic E-state index is 12.0. The number of nitrogens with one attached hydrogen (secondary N) is 3. The summed E-state index contributed by atoms with van der Waals surface area (Å²) in [7, 11) is 0. The molecule has 0 bridgehead atoms. The molecule has 2 rings (SSSR count). The van der Waals surface area contributed by atoms with E-state index in [-0.39, 0.29) is 25.4 Å². The van der Waals surface area contributed by atoms with Crippen molar-refractivity contribution in [1.82, 2.24) is 10.9 Å². The zero-order valence-electron chi connectivity index (χ0n) is 17.2. The molecule has 0 unspecified atom stereocenters. The molecule has 7 heteroatoms.